The number of halogens is 1. The van der Waals surface area contributed by atoms with Gasteiger partial charge in [0.25, 0.3) is 0 Å². The summed E-state index contributed by atoms with van der Waals surface area (Å²) in [5, 5.41) is 3.01. The highest BCUT2D eigenvalue weighted by Crippen LogP contribution is 2.48. The van der Waals surface area contributed by atoms with E-state index in [2.05, 4.69) is 5.32 Å². The Hall–Kier alpha value is -2.28. The highest BCUT2D eigenvalue weighted by Gasteiger charge is 2.66. The van der Waals surface area contributed by atoms with Crippen molar-refractivity contribution in [1.82, 2.24) is 10.2 Å². The third-order valence-corrected chi connectivity index (χ3v) is 4.95. The van der Waals surface area contributed by atoms with Crippen molar-refractivity contribution in [3.8, 4) is 0 Å². The van der Waals surface area contributed by atoms with E-state index in [1.807, 2.05) is 0 Å². The number of hydrogen-bond donors (Lipinski definition) is 1. The van der Waals surface area contributed by atoms with Crippen LogP contribution >= 0.6 is 0 Å². The van der Waals surface area contributed by atoms with E-state index >= 15 is 0 Å². The number of imide groups is 1. The predicted molar refractivity (Wildman–Crippen MR) is 82.1 cm³/mol. The van der Waals surface area contributed by atoms with E-state index in [-0.39, 0.29) is 12.2 Å². The number of fused-ring (bicyclic) bond motifs is 1. The summed E-state index contributed by atoms with van der Waals surface area (Å²) < 4.78 is 19.3. The molecule has 4 atom stereocenters. The standard InChI is InChI=1S/C17H19FN2O4/c1-4-24-16(23)17(2)12-11(14(21)20(3)15(12)22)13(19-17)9-7-5-6-8-10(9)18/h5-8,11-13,19H,4H2,1-3H3. The molecule has 2 fully saturated rings. The largest absolute Gasteiger partial charge is 0.465 e. The smallest absolute Gasteiger partial charge is 0.326 e. The van der Waals surface area contributed by atoms with Gasteiger partial charge in [-0.2, -0.15) is 0 Å². The van der Waals surface area contributed by atoms with E-state index in [0.29, 0.717) is 0 Å². The lowest BCUT2D eigenvalue weighted by molar-refractivity contribution is -0.155. The molecule has 2 amide bonds. The monoisotopic (exact) mass is 334 g/mol. The van der Waals surface area contributed by atoms with Crippen LogP contribution in [0.2, 0.25) is 0 Å². The summed E-state index contributed by atoms with van der Waals surface area (Å²) in [6.45, 7) is 3.35. The number of hydrogen-bond acceptors (Lipinski definition) is 5. The summed E-state index contributed by atoms with van der Waals surface area (Å²) in [7, 11) is 1.38. The Morgan fingerprint density at radius 2 is 2.00 bits per heavy atom. The summed E-state index contributed by atoms with van der Waals surface area (Å²) >= 11 is 0. The van der Waals surface area contributed by atoms with Crippen molar-refractivity contribution in [2.75, 3.05) is 13.7 Å². The Bertz CT molecular complexity index is 722. The molecule has 0 saturated carbocycles. The molecule has 2 heterocycles. The van der Waals surface area contributed by atoms with Crippen LogP contribution in [0.3, 0.4) is 0 Å². The van der Waals surface area contributed by atoms with Crippen molar-refractivity contribution in [1.29, 1.82) is 0 Å². The normalized spacial score (nSPS) is 32.2. The Balaban J connectivity index is 2.10. The van der Waals surface area contributed by atoms with Crippen molar-refractivity contribution < 1.29 is 23.5 Å². The first-order valence-electron chi connectivity index (χ1n) is 7.83. The summed E-state index contributed by atoms with van der Waals surface area (Å²) in [5.74, 6) is -3.73. The molecule has 3 rings (SSSR count). The van der Waals surface area contributed by atoms with Gasteiger partial charge in [-0.15, -0.1) is 0 Å². The molecule has 0 spiro atoms. The lowest BCUT2D eigenvalue weighted by Crippen LogP contribution is -2.53. The summed E-state index contributed by atoms with van der Waals surface area (Å²) in [5.41, 5.74) is -1.12. The second-order valence-corrected chi connectivity index (χ2v) is 6.31. The zero-order chi connectivity index (χ0) is 17.6. The molecule has 0 bridgehead atoms. The average Bonchev–Trinajstić information content (AvgIpc) is 2.98. The van der Waals surface area contributed by atoms with Crippen LogP contribution in [0.4, 0.5) is 4.39 Å². The van der Waals surface area contributed by atoms with E-state index < -0.39 is 47.0 Å². The minimum absolute atomic E-state index is 0.149. The number of benzene rings is 1. The zero-order valence-electron chi connectivity index (χ0n) is 13.7. The van der Waals surface area contributed by atoms with Gasteiger partial charge in [-0.25, -0.2) is 4.39 Å². The molecule has 0 aliphatic carbocycles. The van der Waals surface area contributed by atoms with Gasteiger partial charge in [0, 0.05) is 18.7 Å². The SMILES string of the molecule is CCOC(=O)C1(C)NC(c2ccccc2F)C2C(=O)N(C)C(=O)C21. The van der Waals surface area contributed by atoms with Gasteiger partial charge in [0.05, 0.1) is 18.4 Å². The lowest BCUT2D eigenvalue weighted by Gasteiger charge is -2.28. The molecule has 7 heteroatoms. The molecule has 128 valence electrons. The van der Waals surface area contributed by atoms with Crippen LogP contribution in [-0.4, -0.2) is 41.9 Å². The second kappa shape index (κ2) is 5.66. The minimum atomic E-state index is -1.38. The van der Waals surface area contributed by atoms with Gasteiger partial charge in [-0.1, -0.05) is 18.2 Å². The molecule has 24 heavy (non-hydrogen) atoms. The van der Waals surface area contributed by atoms with Gasteiger partial charge >= 0.3 is 5.97 Å². The predicted octanol–water partition coefficient (Wildman–Crippen LogP) is 1.02. The molecule has 6 nitrogen and oxygen atoms in total. The van der Waals surface area contributed by atoms with Crippen LogP contribution in [0.25, 0.3) is 0 Å². The van der Waals surface area contributed by atoms with Crippen molar-refractivity contribution in [2.24, 2.45) is 11.8 Å². The maximum Gasteiger partial charge on any atom is 0.326 e. The van der Waals surface area contributed by atoms with Crippen molar-refractivity contribution in [2.45, 2.75) is 25.4 Å². The van der Waals surface area contributed by atoms with Crippen LogP contribution in [0.5, 0.6) is 0 Å². The van der Waals surface area contributed by atoms with Gasteiger partial charge in [0.2, 0.25) is 11.8 Å². The highest BCUT2D eigenvalue weighted by atomic mass is 19.1. The van der Waals surface area contributed by atoms with E-state index in [9.17, 15) is 18.8 Å². The van der Waals surface area contributed by atoms with Crippen LogP contribution in [0.15, 0.2) is 24.3 Å². The molecular weight excluding hydrogens is 315 g/mol. The average molecular weight is 334 g/mol. The van der Waals surface area contributed by atoms with E-state index in [4.69, 9.17) is 4.74 Å². The fourth-order valence-electron chi connectivity index (χ4n) is 3.75. The van der Waals surface area contributed by atoms with Crippen molar-refractivity contribution in [3.05, 3.63) is 35.6 Å². The molecule has 2 aliphatic rings. The molecule has 4 unspecified atom stereocenters. The molecular formula is C17H19FN2O4. The molecule has 1 aromatic rings. The number of ether oxygens (including phenoxy) is 1. The number of nitrogens with zero attached hydrogens (tertiary/aromatic N) is 1. The Morgan fingerprint density at radius 1 is 1.33 bits per heavy atom. The summed E-state index contributed by atoms with van der Waals surface area (Å²) in [4.78, 5) is 38.6. The van der Waals surface area contributed by atoms with Gasteiger partial charge < -0.3 is 4.74 Å². The van der Waals surface area contributed by atoms with Crippen molar-refractivity contribution >= 4 is 17.8 Å². The van der Waals surface area contributed by atoms with Crippen LogP contribution < -0.4 is 5.32 Å². The molecule has 1 aromatic carbocycles. The molecule has 2 aliphatic heterocycles. The quantitative estimate of drug-likeness (QED) is 0.660. The van der Waals surface area contributed by atoms with Crippen LogP contribution in [0.1, 0.15) is 25.5 Å². The van der Waals surface area contributed by atoms with Gasteiger partial charge in [-0.05, 0) is 19.9 Å². The first kappa shape index (κ1) is 16.6. The number of carbonyl (C=O) groups excluding carboxylic acids is 3. The maximum absolute atomic E-state index is 14.3. The third kappa shape index (κ3) is 2.15. The molecule has 2 saturated heterocycles. The second-order valence-electron chi connectivity index (χ2n) is 6.31. The first-order chi connectivity index (χ1) is 11.3. The number of amides is 2. The first-order valence-corrected chi connectivity index (χ1v) is 7.83. The Labute approximate surface area is 139 Å². The number of likely N-dealkylation sites (tertiary alicyclic amines) is 1. The fraction of sp³-hybridized carbons (Fsp3) is 0.471. The van der Waals surface area contributed by atoms with Crippen LogP contribution in [-0.2, 0) is 19.1 Å². The Kier molecular flexibility index (Phi) is 3.91. The molecule has 0 aromatic heterocycles. The van der Waals surface area contributed by atoms with E-state index in [1.54, 1.807) is 25.1 Å². The van der Waals surface area contributed by atoms with E-state index in [0.717, 1.165) is 4.90 Å². The number of carbonyl (C=O) groups is 3. The molecule has 0 radical (unpaired) electrons. The van der Waals surface area contributed by atoms with Crippen LogP contribution in [0, 0.1) is 17.7 Å². The zero-order valence-corrected chi connectivity index (χ0v) is 13.7. The summed E-state index contributed by atoms with van der Waals surface area (Å²) in [6.07, 6.45) is 0. The minimum Gasteiger partial charge on any atom is -0.465 e. The topological polar surface area (TPSA) is 75.7 Å². The number of esters is 1. The van der Waals surface area contributed by atoms with E-state index in [1.165, 1.54) is 20.0 Å². The fourth-order valence-corrected chi connectivity index (χ4v) is 3.75. The summed E-state index contributed by atoms with van der Waals surface area (Å²) in [6, 6.07) is 5.27. The third-order valence-electron chi connectivity index (χ3n) is 4.95. The van der Waals surface area contributed by atoms with Gasteiger partial charge in [0.15, 0.2) is 0 Å². The van der Waals surface area contributed by atoms with Gasteiger partial charge in [0.1, 0.15) is 11.4 Å². The van der Waals surface area contributed by atoms with Gasteiger partial charge in [-0.3, -0.25) is 24.6 Å². The maximum atomic E-state index is 14.3. The highest BCUT2D eigenvalue weighted by molar-refractivity contribution is 6.09. The Morgan fingerprint density at radius 3 is 2.62 bits per heavy atom. The van der Waals surface area contributed by atoms with Crippen molar-refractivity contribution in [3.63, 3.8) is 0 Å². The molecule has 1 N–H and O–H groups in total. The number of nitrogens with one attached hydrogen (secondary N) is 1. The number of rotatable bonds is 3. The lowest BCUT2D eigenvalue weighted by atomic mass is 9.80.